The summed E-state index contributed by atoms with van der Waals surface area (Å²) >= 11 is 1.70. The maximum atomic E-state index is 5.21. The molecule has 0 spiro atoms. The SMILES string of the molecule is C=NC(=Nc1c(C)sc2cnc(-c3ccc4c(c3)c3ccccc3n4-c3ccccc3)cc12)c1ccc2c(c1)c1ccccc1n2-c1ccccc1. The Labute approximate surface area is 304 Å². The van der Waals surface area contributed by atoms with Crippen molar-refractivity contribution in [3.8, 4) is 22.6 Å². The Morgan fingerprint density at radius 3 is 1.77 bits per heavy atom. The van der Waals surface area contributed by atoms with Crippen LogP contribution in [0, 0.1) is 6.92 Å². The summed E-state index contributed by atoms with van der Waals surface area (Å²) < 4.78 is 5.74. The van der Waals surface area contributed by atoms with Crippen LogP contribution in [0.2, 0.25) is 0 Å². The minimum Gasteiger partial charge on any atom is -0.309 e. The quantitative estimate of drug-likeness (QED) is 0.131. The lowest BCUT2D eigenvalue weighted by molar-refractivity contribution is 1.18. The third-order valence-corrected chi connectivity index (χ3v) is 11.1. The topological polar surface area (TPSA) is 47.5 Å². The summed E-state index contributed by atoms with van der Waals surface area (Å²) in [5.41, 5.74) is 10.7. The van der Waals surface area contributed by atoms with E-state index in [1.54, 1.807) is 11.3 Å². The number of amidine groups is 1. The highest BCUT2D eigenvalue weighted by molar-refractivity contribution is 7.19. The van der Waals surface area contributed by atoms with Gasteiger partial charge >= 0.3 is 0 Å². The minimum atomic E-state index is 0.592. The molecule has 0 fully saturated rings. The second-order valence-electron chi connectivity index (χ2n) is 13.0. The summed E-state index contributed by atoms with van der Waals surface area (Å²) in [7, 11) is 0. The molecular formula is C46H31N5S. The summed E-state index contributed by atoms with van der Waals surface area (Å²) in [4.78, 5) is 15.8. The molecule has 0 atom stereocenters. The first-order valence-electron chi connectivity index (χ1n) is 17.3. The van der Waals surface area contributed by atoms with E-state index in [0.29, 0.717) is 5.84 Å². The van der Waals surface area contributed by atoms with Crippen molar-refractivity contribution in [1.29, 1.82) is 0 Å². The summed E-state index contributed by atoms with van der Waals surface area (Å²) in [5, 5.41) is 5.80. The molecule has 0 N–H and O–H groups in total. The summed E-state index contributed by atoms with van der Waals surface area (Å²) in [6, 6.07) is 53.5. The van der Waals surface area contributed by atoms with Crippen LogP contribution in [-0.4, -0.2) is 26.7 Å². The highest BCUT2D eigenvalue weighted by Crippen LogP contribution is 2.41. The van der Waals surface area contributed by atoms with Crippen LogP contribution in [0.5, 0.6) is 0 Å². The average molecular weight is 686 g/mol. The van der Waals surface area contributed by atoms with Gasteiger partial charge in [-0.1, -0.05) is 78.9 Å². The van der Waals surface area contributed by atoms with Gasteiger partial charge in [-0.2, -0.15) is 0 Å². The summed E-state index contributed by atoms with van der Waals surface area (Å²) in [5.74, 6) is 0.592. The highest BCUT2D eigenvalue weighted by Gasteiger charge is 2.18. The molecule has 5 nitrogen and oxygen atoms in total. The van der Waals surface area contributed by atoms with Crippen molar-refractivity contribution < 1.29 is 0 Å². The number of hydrogen-bond acceptors (Lipinski definition) is 3. The van der Waals surface area contributed by atoms with Crippen molar-refractivity contribution in [2.75, 3.05) is 0 Å². The van der Waals surface area contributed by atoms with Crippen molar-refractivity contribution >= 4 is 83.3 Å². The molecule has 6 aromatic carbocycles. The molecule has 10 rings (SSSR count). The second kappa shape index (κ2) is 12.0. The summed E-state index contributed by atoms with van der Waals surface area (Å²) in [6.45, 7) is 6.08. The van der Waals surface area contributed by atoms with Crippen molar-refractivity contribution in [3.63, 3.8) is 0 Å². The third kappa shape index (κ3) is 4.72. The second-order valence-corrected chi connectivity index (χ2v) is 14.3. The number of hydrogen-bond donors (Lipinski definition) is 0. The number of benzene rings is 6. The molecule has 0 aliphatic heterocycles. The first-order chi connectivity index (χ1) is 25.7. The van der Waals surface area contributed by atoms with Gasteiger partial charge in [-0.15, -0.1) is 11.3 Å². The first-order valence-corrected chi connectivity index (χ1v) is 18.1. The van der Waals surface area contributed by atoms with Crippen molar-refractivity contribution in [2.45, 2.75) is 6.92 Å². The van der Waals surface area contributed by atoms with E-state index in [0.717, 1.165) is 65.3 Å². The maximum Gasteiger partial charge on any atom is 0.159 e. The number of pyridine rings is 1. The first kappa shape index (κ1) is 30.2. The van der Waals surface area contributed by atoms with Crippen molar-refractivity contribution in [1.82, 2.24) is 14.1 Å². The van der Waals surface area contributed by atoms with E-state index in [-0.39, 0.29) is 0 Å². The van der Waals surface area contributed by atoms with E-state index in [1.165, 1.54) is 27.2 Å². The molecule has 0 radical (unpaired) electrons. The van der Waals surface area contributed by atoms with Gasteiger partial charge in [-0.25, -0.2) is 9.98 Å². The van der Waals surface area contributed by atoms with E-state index in [2.05, 4.69) is 173 Å². The number of nitrogens with zero attached hydrogens (tertiary/aromatic N) is 5. The molecule has 4 heterocycles. The Kier molecular flexibility index (Phi) is 6.98. The lowest BCUT2D eigenvalue weighted by Crippen LogP contribution is -1.97. The lowest BCUT2D eigenvalue weighted by atomic mass is 10.1. The maximum absolute atomic E-state index is 5.21. The molecule has 52 heavy (non-hydrogen) atoms. The van der Waals surface area contributed by atoms with Crippen LogP contribution in [0.3, 0.4) is 0 Å². The molecule has 0 unspecified atom stereocenters. The summed E-state index contributed by atoms with van der Waals surface area (Å²) in [6.07, 6.45) is 1.98. The zero-order chi connectivity index (χ0) is 34.8. The Bertz CT molecular complexity index is 3040. The molecule has 10 aromatic rings. The van der Waals surface area contributed by atoms with Crippen LogP contribution in [0.25, 0.3) is 76.3 Å². The van der Waals surface area contributed by atoms with Gasteiger partial charge in [0.05, 0.1) is 38.1 Å². The Morgan fingerprint density at radius 1 is 0.577 bits per heavy atom. The molecule has 0 aliphatic rings. The Morgan fingerprint density at radius 2 is 1.13 bits per heavy atom. The van der Waals surface area contributed by atoms with E-state index in [4.69, 9.17) is 9.98 Å². The molecule has 0 saturated heterocycles. The predicted octanol–water partition coefficient (Wildman–Crippen LogP) is 12.2. The van der Waals surface area contributed by atoms with Gasteiger partial charge in [-0.3, -0.25) is 4.98 Å². The largest absolute Gasteiger partial charge is 0.309 e. The van der Waals surface area contributed by atoms with Gasteiger partial charge in [0.15, 0.2) is 5.84 Å². The molecule has 6 heteroatoms. The Balaban J connectivity index is 1.09. The molecule has 0 aliphatic carbocycles. The van der Waals surface area contributed by atoms with Gasteiger partial charge in [0, 0.05) is 60.5 Å². The van der Waals surface area contributed by atoms with Crippen LogP contribution in [0.15, 0.2) is 168 Å². The number of thiophene rings is 1. The zero-order valence-corrected chi connectivity index (χ0v) is 29.2. The number of aromatic nitrogens is 3. The van der Waals surface area contributed by atoms with Crippen molar-refractivity contribution in [3.05, 3.63) is 168 Å². The number of aliphatic imine (C=N–C) groups is 2. The normalized spacial score (nSPS) is 12.1. The number of aryl methyl sites for hydroxylation is 1. The third-order valence-electron chi connectivity index (χ3n) is 10.0. The smallest absolute Gasteiger partial charge is 0.159 e. The van der Waals surface area contributed by atoms with Crippen LogP contribution in [0.1, 0.15) is 10.4 Å². The molecule has 246 valence electrons. The number of rotatable bonds is 5. The molecule has 0 bridgehead atoms. The average Bonchev–Trinajstić information content (AvgIpc) is 3.83. The van der Waals surface area contributed by atoms with Crippen molar-refractivity contribution in [2.24, 2.45) is 9.98 Å². The van der Waals surface area contributed by atoms with Gasteiger partial charge < -0.3 is 9.13 Å². The monoisotopic (exact) mass is 685 g/mol. The van der Waals surface area contributed by atoms with Gasteiger partial charge in [0.25, 0.3) is 0 Å². The fourth-order valence-electron chi connectivity index (χ4n) is 7.66. The van der Waals surface area contributed by atoms with Gasteiger partial charge in [0.1, 0.15) is 0 Å². The lowest BCUT2D eigenvalue weighted by Gasteiger charge is -2.08. The number of fused-ring (bicyclic) bond motifs is 7. The van der Waals surface area contributed by atoms with Gasteiger partial charge in [0.2, 0.25) is 0 Å². The van der Waals surface area contributed by atoms with E-state index >= 15 is 0 Å². The molecular weight excluding hydrogens is 655 g/mol. The molecule has 0 amide bonds. The van der Waals surface area contributed by atoms with Gasteiger partial charge in [-0.05, 0) is 86.4 Å². The van der Waals surface area contributed by atoms with Crippen LogP contribution < -0.4 is 0 Å². The minimum absolute atomic E-state index is 0.592. The fourth-order valence-corrected chi connectivity index (χ4v) is 8.61. The van der Waals surface area contributed by atoms with E-state index in [9.17, 15) is 0 Å². The standard InChI is InChI=1S/C46H31N5S/c1-29-45(49-46(47-2)31-22-24-43-37(26-31)35-18-10-12-20-41(35)51(43)33-15-7-4-8-16-33)38-27-39(48-28-44(38)52-29)30-21-23-42-36(25-30)34-17-9-11-19-40(34)50(42)32-13-5-3-6-14-32/h3-28H,2H2,1H3. The fraction of sp³-hybridized carbons (Fsp3) is 0.0217. The van der Waals surface area contributed by atoms with E-state index < -0.39 is 0 Å². The van der Waals surface area contributed by atoms with Crippen LogP contribution in [0.4, 0.5) is 5.69 Å². The Hall–Kier alpha value is -6.63. The highest BCUT2D eigenvalue weighted by atomic mass is 32.1. The van der Waals surface area contributed by atoms with Crippen LogP contribution >= 0.6 is 11.3 Å². The van der Waals surface area contributed by atoms with E-state index in [1.807, 2.05) is 12.3 Å². The van der Waals surface area contributed by atoms with Crippen LogP contribution in [-0.2, 0) is 0 Å². The number of para-hydroxylation sites is 4. The molecule has 4 aromatic heterocycles. The predicted molar refractivity (Wildman–Crippen MR) is 221 cm³/mol. The zero-order valence-electron chi connectivity index (χ0n) is 28.4. The molecule has 0 saturated carbocycles.